The smallest absolute Gasteiger partial charge is 0.0153 e. The van der Waals surface area contributed by atoms with Gasteiger partial charge in [-0.2, -0.15) is 0 Å². The van der Waals surface area contributed by atoms with Crippen molar-refractivity contribution in [1.29, 1.82) is 0 Å². The van der Waals surface area contributed by atoms with Crippen LogP contribution in [0.1, 0.15) is 72.1 Å². The van der Waals surface area contributed by atoms with Crippen LogP contribution < -0.4 is 5.73 Å². The van der Waals surface area contributed by atoms with Gasteiger partial charge in [-0.15, -0.1) is 0 Å². The van der Waals surface area contributed by atoms with Crippen LogP contribution in [-0.2, 0) is 0 Å². The minimum atomic E-state index is 0.403. The molecular formula is C17H34N2. The van der Waals surface area contributed by atoms with Gasteiger partial charge in [0.2, 0.25) is 0 Å². The summed E-state index contributed by atoms with van der Waals surface area (Å²) in [6.45, 7) is 9.81. The van der Waals surface area contributed by atoms with Crippen LogP contribution in [0, 0.1) is 11.8 Å². The number of rotatable bonds is 7. The van der Waals surface area contributed by atoms with E-state index in [1.54, 1.807) is 0 Å². The Bertz CT molecular complexity index is 260. The van der Waals surface area contributed by atoms with Gasteiger partial charge in [0.05, 0.1) is 0 Å². The molecule has 0 aromatic carbocycles. The molecule has 1 aliphatic heterocycles. The predicted octanol–water partition coefficient (Wildman–Crippen LogP) is 3.79. The topological polar surface area (TPSA) is 29.3 Å². The molecule has 1 unspecified atom stereocenters. The molecular weight excluding hydrogens is 232 g/mol. The van der Waals surface area contributed by atoms with Crippen molar-refractivity contribution >= 4 is 0 Å². The Labute approximate surface area is 120 Å². The highest BCUT2D eigenvalue weighted by molar-refractivity contribution is 4.98. The molecule has 1 saturated carbocycles. The molecule has 2 aliphatic rings. The molecule has 1 saturated heterocycles. The molecule has 2 rings (SSSR count). The van der Waals surface area contributed by atoms with Gasteiger partial charge in [0.25, 0.3) is 0 Å². The van der Waals surface area contributed by atoms with E-state index in [4.69, 9.17) is 5.73 Å². The Kier molecular flexibility index (Phi) is 5.30. The summed E-state index contributed by atoms with van der Waals surface area (Å²) < 4.78 is 0. The summed E-state index contributed by atoms with van der Waals surface area (Å²) in [6.07, 6.45) is 10.9. The van der Waals surface area contributed by atoms with Gasteiger partial charge in [0, 0.05) is 24.7 Å². The quantitative estimate of drug-likeness (QED) is 0.710. The molecule has 0 aromatic heterocycles. The number of hydrogen-bond acceptors (Lipinski definition) is 2. The summed E-state index contributed by atoms with van der Waals surface area (Å²) in [4.78, 5) is 2.76. The van der Waals surface area contributed by atoms with E-state index < -0.39 is 0 Å². The second-order valence-electron chi connectivity index (χ2n) is 7.63. The van der Waals surface area contributed by atoms with Crippen LogP contribution in [0.15, 0.2) is 0 Å². The van der Waals surface area contributed by atoms with E-state index in [1.165, 1.54) is 64.5 Å². The number of likely N-dealkylation sites (tertiary alicyclic amines) is 1. The molecule has 1 heterocycles. The lowest BCUT2D eigenvalue weighted by Gasteiger charge is -2.36. The lowest BCUT2D eigenvalue weighted by Crippen LogP contribution is -2.43. The van der Waals surface area contributed by atoms with E-state index in [-0.39, 0.29) is 0 Å². The minimum Gasteiger partial charge on any atom is -0.328 e. The Morgan fingerprint density at radius 3 is 2.16 bits per heavy atom. The molecule has 0 amide bonds. The van der Waals surface area contributed by atoms with Crippen LogP contribution in [0.2, 0.25) is 0 Å². The minimum absolute atomic E-state index is 0.403. The second-order valence-corrected chi connectivity index (χ2v) is 7.63. The van der Waals surface area contributed by atoms with Gasteiger partial charge in [-0.05, 0) is 44.9 Å². The van der Waals surface area contributed by atoms with Gasteiger partial charge >= 0.3 is 0 Å². The van der Waals surface area contributed by atoms with E-state index in [9.17, 15) is 0 Å². The predicted molar refractivity (Wildman–Crippen MR) is 83.2 cm³/mol. The largest absolute Gasteiger partial charge is 0.328 e. The second kappa shape index (κ2) is 6.58. The van der Waals surface area contributed by atoms with Crippen LogP contribution in [0.5, 0.6) is 0 Å². The Balaban J connectivity index is 1.72. The van der Waals surface area contributed by atoms with Crippen LogP contribution in [0.3, 0.4) is 0 Å². The summed E-state index contributed by atoms with van der Waals surface area (Å²) in [5.41, 5.74) is 6.49. The molecule has 2 nitrogen and oxygen atoms in total. The van der Waals surface area contributed by atoms with Crippen LogP contribution in [0.4, 0.5) is 0 Å². The number of fused-ring (bicyclic) bond motifs is 1. The van der Waals surface area contributed by atoms with Crippen molar-refractivity contribution in [1.82, 2.24) is 4.90 Å². The van der Waals surface area contributed by atoms with Crippen molar-refractivity contribution in [2.75, 3.05) is 13.1 Å². The summed E-state index contributed by atoms with van der Waals surface area (Å²) in [6, 6.07) is 0.495. The van der Waals surface area contributed by atoms with Crippen LogP contribution >= 0.6 is 0 Å². The molecule has 0 radical (unpaired) electrons. The molecule has 0 spiro atoms. The fourth-order valence-electron chi connectivity index (χ4n) is 4.16. The third-order valence-electron chi connectivity index (χ3n) is 5.54. The first-order valence-electron chi connectivity index (χ1n) is 8.53. The van der Waals surface area contributed by atoms with Crippen molar-refractivity contribution in [3.8, 4) is 0 Å². The van der Waals surface area contributed by atoms with Crippen molar-refractivity contribution in [3.05, 3.63) is 0 Å². The maximum absolute atomic E-state index is 6.09. The van der Waals surface area contributed by atoms with Gasteiger partial charge in [0.15, 0.2) is 0 Å². The van der Waals surface area contributed by atoms with E-state index in [1.807, 2.05) is 0 Å². The van der Waals surface area contributed by atoms with Gasteiger partial charge in [-0.3, -0.25) is 4.90 Å². The standard InChI is InChI=1S/C17H34N2/c1-4-5-6-7-8-9-17(2,3)19-12-14-10-16(18)11-15(14)13-19/h14-16H,4-13,18H2,1-3H3/t14-,15+,16?. The maximum Gasteiger partial charge on any atom is 0.0153 e. The molecule has 2 fully saturated rings. The lowest BCUT2D eigenvalue weighted by atomic mass is 9.94. The molecule has 112 valence electrons. The summed E-state index contributed by atoms with van der Waals surface area (Å²) in [7, 11) is 0. The third kappa shape index (κ3) is 3.95. The fraction of sp³-hybridized carbons (Fsp3) is 1.00. The SMILES string of the molecule is CCCCCCCC(C)(C)N1C[C@H]2CC(N)C[C@H]2C1. The first kappa shape index (κ1) is 15.3. The first-order valence-corrected chi connectivity index (χ1v) is 8.53. The molecule has 0 bridgehead atoms. The molecule has 2 heteroatoms. The van der Waals surface area contributed by atoms with Crippen molar-refractivity contribution in [2.45, 2.75) is 83.7 Å². The van der Waals surface area contributed by atoms with Gasteiger partial charge in [-0.25, -0.2) is 0 Å². The molecule has 2 N–H and O–H groups in total. The average Bonchev–Trinajstić information content (AvgIpc) is 2.86. The summed E-state index contributed by atoms with van der Waals surface area (Å²) >= 11 is 0. The zero-order chi connectivity index (χ0) is 13.9. The normalized spacial score (nSPS) is 31.9. The highest BCUT2D eigenvalue weighted by Crippen LogP contribution is 2.40. The van der Waals surface area contributed by atoms with Gasteiger partial charge in [-0.1, -0.05) is 39.0 Å². The van der Waals surface area contributed by atoms with E-state index in [2.05, 4.69) is 25.7 Å². The molecule has 1 aliphatic carbocycles. The van der Waals surface area contributed by atoms with Gasteiger partial charge in [0.1, 0.15) is 0 Å². The summed E-state index contributed by atoms with van der Waals surface area (Å²) in [5, 5.41) is 0. The Hall–Kier alpha value is -0.0800. The highest BCUT2D eigenvalue weighted by atomic mass is 15.2. The maximum atomic E-state index is 6.09. The summed E-state index contributed by atoms with van der Waals surface area (Å²) in [5.74, 6) is 1.80. The van der Waals surface area contributed by atoms with E-state index in [0.717, 1.165) is 11.8 Å². The third-order valence-corrected chi connectivity index (χ3v) is 5.54. The number of unbranched alkanes of at least 4 members (excludes halogenated alkanes) is 4. The number of nitrogens with zero attached hydrogens (tertiary/aromatic N) is 1. The van der Waals surface area contributed by atoms with E-state index in [0.29, 0.717) is 11.6 Å². The first-order chi connectivity index (χ1) is 9.03. The molecule has 19 heavy (non-hydrogen) atoms. The van der Waals surface area contributed by atoms with Crippen LogP contribution in [0.25, 0.3) is 0 Å². The monoisotopic (exact) mass is 266 g/mol. The highest BCUT2D eigenvalue weighted by Gasteiger charge is 2.43. The zero-order valence-corrected chi connectivity index (χ0v) is 13.3. The fourth-order valence-corrected chi connectivity index (χ4v) is 4.16. The van der Waals surface area contributed by atoms with Crippen LogP contribution in [-0.4, -0.2) is 29.6 Å². The number of nitrogens with two attached hydrogens (primary N) is 1. The van der Waals surface area contributed by atoms with E-state index >= 15 is 0 Å². The Morgan fingerprint density at radius 2 is 1.58 bits per heavy atom. The van der Waals surface area contributed by atoms with Crippen molar-refractivity contribution in [3.63, 3.8) is 0 Å². The molecule has 0 aromatic rings. The Morgan fingerprint density at radius 1 is 1.00 bits per heavy atom. The average molecular weight is 266 g/mol. The van der Waals surface area contributed by atoms with Crippen molar-refractivity contribution < 1.29 is 0 Å². The lowest BCUT2D eigenvalue weighted by molar-refractivity contribution is 0.127. The molecule has 3 atom stereocenters. The van der Waals surface area contributed by atoms with Crippen molar-refractivity contribution in [2.24, 2.45) is 17.6 Å². The van der Waals surface area contributed by atoms with Gasteiger partial charge < -0.3 is 5.73 Å². The zero-order valence-electron chi connectivity index (χ0n) is 13.3. The number of hydrogen-bond donors (Lipinski definition) is 1.